The first-order valence-corrected chi connectivity index (χ1v) is 10.0. The lowest BCUT2D eigenvalue weighted by Crippen LogP contribution is -2.13. The minimum atomic E-state index is -0.169. The summed E-state index contributed by atoms with van der Waals surface area (Å²) in [7, 11) is 0. The van der Waals surface area contributed by atoms with Crippen LogP contribution in [0.3, 0.4) is 0 Å². The Morgan fingerprint density at radius 1 is 0.889 bits per heavy atom. The zero-order valence-corrected chi connectivity index (χ0v) is 16.1. The van der Waals surface area contributed by atoms with Crippen molar-refractivity contribution in [3.63, 3.8) is 0 Å². The molecule has 0 bridgehead atoms. The maximum absolute atomic E-state index is 12.6. The molecule has 3 nitrogen and oxygen atoms in total. The van der Waals surface area contributed by atoms with Gasteiger partial charge in [0.25, 0.3) is 5.91 Å². The SMILES string of the molecule is CCCCCCCCc1cccc2cccc(NC(=O)c3ccccn3)c12. The molecule has 2 aromatic carbocycles. The number of nitrogens with one attached hydrogen (secondary N) is 1. The maximum atomic E-state index is 12.6. The first-order valence-electron chi connectivity index (χ1n) is 10.0. The zero-order valence-electron chi connectivity index (χ0n) is 16.1. The Labute approximate surface area is 161 Å². The number of pyridine rings is 1. The number of amides is 1. The molecule has 1 amide bonds. The van der Waals surface area contributed by atoms with Gasteiger partial charge in [0.2, 0.25) is 0 Å². The van der Waals surface area contributed by atoms with Crippen molar-refractivity contribution < 1.29 is 4.79 Å². The smallest absolute Gasteiger partial charge is 0.274 e. The third kappa shape index (κ3) is 5.16. The van der Waals surface area contributed by atoms with Crippen LogP contribution in [-0.2, 0) is 6.42 Å². The molecule has 0 saturated carbocycles. The standard InChI is InChI=1S/C24H28N2O/c1-2-3-4-5-6-7-12-19-13-10-14-20-15-11-17-21(23(19)20)26-24(27)22-16-8-9-18-25-22/h8-11,13-18H,2-7,12H2,1H3,(H,26,27). The molecule has 0 aliphatic rings. The Morgan fingerprint density at radius 3 is 2.44 bits per heavy atom. The summed E-state index contributed by atoms with van der Waals surface area (Å²) in [6, 6.07) is 17.9. The molecule has 0 radical (unpaired) electrons. The highest BCUT2D eigenvalue weighted by molar-refractivity contribution is 6.09. The van der Waals surface area contributed by atoms with Gasteiger partial charge >= 0.3 is 0 Å². The lowest BCUT2D eigenvalue weighted by molar-refractivity contribution is 0.102. The van der Waals surface area contributed by atoms with Gasteiger partial charge in [0, 0.05) is 17.3 Å². The Bertz CT molecular complexity index is 869. The van der Waals surface area contributed by atoms with Gasteiger partial charge < -0.3 is 5.32 Å². The van der Waals surface area contributed by atoms with E-state index in [9.17, 15) is 4.79 Å². The van der Waals surface area contributed by atoms with Crippen LogP contribution in [0.4, 0.5) is 5.69 Å². The van der Waals surface area contributed by atoms with Crippen LogP contribution in [0.1, 0.15) is 61.5 Å². The molecule has 3 heteroatoms. The average molecular weight is 361 g/mol. The van der Waals surface area contributed by atoms with Crippen LogP contribution < -0.4 is 5.32 Å². The van der Waals surface area contributed by atoms with E-state index < -0.39 is 0 Å². The van der Waals surface area contributed by atoms with Crippen molar-refractivity contribution in [1.82, 2.24) is 4.98 Å². The molecule has 3 rings (SSSR count). The monoisotopic (exact) mass is 360 g/mol. The summed E-state index contributed by atoms with van der Waals surface area (Å²) in [5.41, 5.74) is 2.60. The fourth-order valence-electron chi connectivity index (χ4n) is 3.51. The topological polar surface area (TPSA) is 42.0 Å². The van der Waals surface area contributed by atoms with Crippen LogP contribution in [0.25, 0.3) is 10.8 Å². The number of fused-ring (bicyclic) bond motifs is 1. The number of carbonyl (C=O) groups is 1. The lowest BCUT2D eigenvalue weighted by atomic mass is 9.97. The van der Waals surface area contributed by atoms with E-state index in [-0.39, 0.29) is 5.91 Å². The van der Waals surface area contributed by atoms with E-state index in [1.807, 2.05) is 24.3 Å². The molecule has 0 unspecified atom stereocenters. The van der Waals surface area contributed by atoms with Crippen molar-refractivity contribution in [1.29, 1.82) is 0 Å². The van der Waals surface area contributed by atoms with Gasteiger partial charge in [-0.15, -0.1) is 0 Å². The zero-order chi connectivity index (χ0) is 18.9. The number of hydrogen-bond acceptors (Lipinski definition) is 2. The van der Waals surface area contributed by atoms with Crippen molar-refractivity contribution in [2.45, 2.75) is 51.9 Å². The number of benzene rings is 2. The predicted molar refractivity (Wildman–Crippen MR) is 113 cm³/mol. The Hall–Kier alpha value is -2.68. The highest BCUT2D eigenvalue weighted by Crippen LogP contribution is 2.29. The van der Waals surface area contributed by atoms with Crippen molar-refractivity contribution in [3.05, 3.63) is 72.1 Å². The molecule has 0 spiro atoms. The number of aromatic nitrogens is 1. The molecule has 0 aliphatic heterocycles. The summed E-state index contributed by atoms with van der Waals surface area (Å²) in [4.78, 5) is 16.7. The normalized spacial score (nSPS) is 10.9. The predicted octanol–water partition coefficient (Wildman–Crippen LogP) is 6.39. The summed E-state index contributed by atoms with van der Waals surface area (Å²) in [6.45, 7) is 2.25. The summed E-state index contributed by atoms with van der Waals surface area (Å²) in [6.07, 6.45) is 10.4. The number of hydrogen-bond donors (Lipinski definition) is 1. The summed E-state index contributed by atoms with van der Waals surface area (Å²) < 4.78 is 0. The first kappa shape index (κ1) is 19.1. The Morgan fingerprint density at radius 2 is 1.67 bits per heavy atom. The molecular weight excluding hydrogens is 332 g/mol. The minimum absolute atomic E-state index is 0.169. The van der Waals surface area contributed by atoms with Crippen LogP contribution in [0.5, 0.6) is 0 Å². The number of aryl methyl sites for hydroxylation is 1. The van der Waals surface area contributed by atoms with Gasteiger partial charge in [-0.1, -0.05) is 75.4 Å². The van der Waals surface area contributed by atoms with Gasteiger partial charge in [0.15, 0.2) is 0 Å². The maximum Gasteiger partial charge on any atom is 0.274 e. The van der Waals surface area contributed by atoms with Crippen LogP contribution in [0.2, 0.25) is 0 Å². The van der Waals surface area contributed by atoms with Crippen LogP contribution >= 0.6 is 0 Å². The average Bonchev–Trinajstić information content (AvgIpc) is 2.71. The highest BCUT2D eigenvalue weighted by Gasteiger charge is 2.11. The van der Waals surface area contributed by atoms with E-state index in [1.165, 1.54) is 44.1 Å². The lowest BCUT2D eigenvalue weighted by Gasteiger charge is -2.13. The first-order chi connectivity index (χ1) is 13.3. The fourth-order valence-corrected chi connectivity index (χ4v) is 3.51. The van der Waals surface area contributed by atoms with Crippen LogP contribution in [0, 0.1) is 0 Å². The number of anilines is 1. The van der Waals surface area contributed by atoms with Gasteiger partial charge in [-0.3, -0.25) is 9.78 Å². The quantitative estimate of drug-likeness (QED) is 0.449. The Kier molecular flexibility index (Phi) is 6.97. The molecule has 1 N–H and O–H groups in total. The summed E-state index contributed by atoms with van der Waals surface area (Å²) >= 11 is 0. The third-order valence-corrected chi connectivity index (χ3v) is 4.94. The van der Waals surface area contributed by atoms with Crippen molar-refractivity contribution in [3.8, 4) is 0 Å². The van der Waals surface area contributed by atoms with Gasteiger partial charge in [0.1, 0.15) is 5.69 Å². The molecule has 1 aromatic heterocycles. The van der Waals surface area contributed by atoms with Crippen molar-refractivity contribution in [2.75, 3.05) is 5.32 Å². The second-order valence-corrected chi connectivity index (χ2v) is 7.01. The number of carbonyl (C=O) groups excluding carboxylic acids is 1. The Balaban J connectivity index is 1.76. The second kappa shape index (κ2) is 9.86. The van der Waals surface area contributed by atoms with Gasteiger partial charge in [-0.2, -0.15) is 0 Å². The molecule has 1 heterocycles. The minimum Gasteiger partial charge on any atom is -0.320 e. The largest absolute Gasteiger partial charge is 0.320 e. The fraction of sp³-hybridized carbons (Fsp3) is 0.333. The summed E-state index contributed by atoms with van der Waals surface area (Å²) in [5, 5.41) is 5.37. The molecule has 0 saturated heterocycles. The summed E-state index contributed by atoms with van der Waals surface area (Å²) in [5.74, 6) is -0.169. The van der Waals surface area contributed by atoms with Crippen molar-refractivity contribution >= 4 is 22.4 Å². The van der Waals surface area contributed by atoms with Crippen LogP contribution in [0.15, 0.2) is 60.8 Å². The second-order valence-electron chi connectivity index (χ2n) is 7.01. The van der Waals surface area contributed by atoms with Gasteiger partial charge in [-0.25, -0.2) is 0 Å². The van der Waals surface area contributed by atoms with Gasteiger partial charge in [-0.05, 0) is 42.0 Å². The van der Waals surface area contributed by atoms with E-state index in [0.29, 0.717) is 5.69 Å². The van der Waals surface area contributed by atoms with Crippen LogP contribution in [-0.4, -0.2) is 10.9 Å². The van der Waals surface area contributed by atoms with Crippen molar-refractivity contribution in [2.24, 2.45) is 0 Å². The molecule has 0 atom stereocenters. The molecule has 27 heavy (non-hydrogen) atoms. The number of nitrogens with zero attached hydrogens (tertiary/aromatic N) is 1. The molecule has 0 fully saturated rings. The highest BCUT2D eigenvalue weighted by atomic mass is 16.1. The van der Waals surface area contributed by atoms with E-state index in [4.69, 9.17) is 0 Å². The number of unbranched alkanes of at least 4 members (excludes halogenated alkanes) is 5. The molecular formula is C24H28N2O. The third-order valence-electron chi connectivity index (χ3n) is 4.94. The van der Waals surface area contributed by atoms with Gasteiger partial charge in [0.05, 0.1) is 0 Å². The van der Waals surface area contributed by atoms with E-state index in [2.05, 4.69) is 41.5 Å². The molecule has 140 valence electrons. The molecule has 3 aromatic rings. The number of rotatable bonds is 9. The van der Waals surface area contributed by atoms with E-state index in [1.54, 1.807) is 12.3 Å². The van der Waals surface area contributed by atoms with E-state index >= 15 is 0 Å². The van der Waals surface area contributed by atoms with E-state index in [0.717, 1.165) is 22.9 Å². The molecule has 0 aliphatic carbocycles.